The minimum atomic E-state index is -4.04. The Balaban J connectivity index is 1.66. The quantitative estimate of drug-likeness (QED) is 0.478. The molecule has 0 unspecified atom stereocenters. The van der Waals surface area contributed by atoms with Crippen molar-refractivity contribution in [2.45, 2.75) is 24.2 Å². The summed E-state index contributed by atoms with van der Waals surface area (Å²) in [6.45, 7) is -0.484. The van der Waals surface area contributed by atoms with Gasteiger partial charge in [-0.3, -0.25) is 9.10 Å². The van der Waals surface area contributed by atoms with E-state index in [-0.39, 0.29) is 4.90 Å². The number of amides is 1. The fraction of sp³-hybridized carbons (Fsp3) is 0.217. The van der Waals surface area contributed by atoms with Crippen molar-refractivity contribution in [3.8, 4) is 0 Å². The molecule has 7 nitrogen and oxygen atoms in total. The summed E-state index contributed by atoms with van der Waals surface area (Å²) in [6, 6.07) is 14.1. The predicted molar refractivity (Wildman–Crippen MR) is 129 cm³/mol. The first kappa shape index (κ1) is 23.3. The average Bonchev–Trinajstić information content (AvgIpc) is 3.39. The molecule has 0 saturated carbocycles. The molecule has 1 N–H and O–H groups in total. The predicted octanol–water partition coefficient (Wildman–Crippen LogP) is 4.51. The molecule has 10 heteroatoms. The molecular formula is C23H21ClN2O5S2. The summed E-state index contributed by atoms with van der Waals surface area (Å²) < 4.78 is 32.7. The van der Waals surface area contributed by atoms with Crippen LogP contribution in [0.5, 0.6) is 0 Å². The van der Waals surface area contributed by atoms with Crippen molar-refractivity contribution in [1.82, 2.24) is 0 Å². The van der Waals surface area contributed by atoms with Crippen molar-refractivity contribution >= 4 is 55.5 Å². The van der Waals surface area contributed by atoms with E-state index >= 15 is 0 Å². The number of aryl methyl sites for hydroxylation is 1. The van der Waals surface area contributed by atoms with E-state index in [9.17, 15) is 18.0 Å². The Kier molecular flexibility index (Phi) is 6.73. The maximum atomic E-state index is 13.4. The molecule has 0 saturated heterocycles. The van der Waals surface area contributed by atoms with Gasteiger partial charge in [-0.2, -0.15) is 0 Å². The largest absolute Gasteiger partial charge is 0.465 e. The Labute approximate surface area is 201 Å². The summed E-state index contributed by atoms with van der Waals surface area (Å²) in [6.07, 6.45) is 2.52. The number of nitrogens with zero attached hydrogens (tertiary/aromatic N) is 1. The molecule has 0 fully saturated rings. The lowest BCUT2D eigenvalue weighted by atomic mass is 10.1. The van der Waals surface area contributed by atoms with E-state index in [1.807, 2.05) is 0 Å². The van der Waals surface area contributed by atoms with Crippen LogP contribution in [-0.2, 0) is 32.4 Å². The van der Waals surface area contributed by atoms with Crippen LogP contribution >= 0.6 is 22.9 Å². The third-order valence-electron chi connectivity index (χ3n) is 5.30. The van der Waals surface area contributed by atoms with Gasteiger partial charge in [0.1, 0.15) is 11.5 Å². The molecule has 1 aliphatic carbocycles. The maximum Gasteiger partial charge on any atom is 0.341 e. The van der Waals surface area contributed by atoms with Crippen LogP contribution < -0.4 is 9.62 Å². The molecule has 172 valence electrons. The van der Waals surface area contributed by atoms with Crippen molar-refractivity contribution in [1.29, 1.82) is 0 Å². The van der Waals surface area contributed by atoms with Crippen LogP contribution in [0, 0.1) is 0 Å². The number of fused-ring (bicyclic) bond motifs is 1. The van der Waals surface area contributed by atoms with Gasteiger partial charge < -0.3 is 10.1 Å². The maximum absolute atomic E-state index is 13.4. The summed E-state index contributed by atoms with van der Waals surface area (Å²) in [7, 11) is -2.75. The Morgan fingerprint density at radius 2 is 1.79 bits per heavy atom. The summed E-state index contributed by atoms with van der Waals surface area (Å²) in [5, 5.41) is 3.56. The zero-order valence-corrected chi connectivity index (χ0v) is 20.1. The molecule has 1 heterocycles. The summed E-state index contributed by atoms with van der Waals surface area (Å²) in [4.78, 5) is 26.5. The lowest BCUT2D eigenvalue weighted by Gasteiger charge is -2.24. The van der Waals surface area contributed by atoms with Crippen LogP contribution in [0.15, 0.2) is 59.5 Å². The number of nitrogens with one attached hydrogen (secondary N) is 1. The average molecular weight is 505 g/mol. The topological polar surface area (TPSA) is 92.8 Å². The van der Waals surface area contributed by atoms with Crippen molar-refractivity contribution in [2.75, 3.05) is 23.3 Å². The molecule has 0 atom stereocenters. The van der Waals surface area contributed by atoms with Gasteiger partial charge in [0.05, 0.1) is 23.3 Å². The fourth-order valence-corrected chi connectivity index (χ4v) is 6.61. The van der Waals surface area contributed by atoms with E-state index in [0.717, 1.165) is 34.0 Å². The van der Waals surface area contributed by atoms with Gasteiger partial charge in [0.25, 0.3) is 10.0 Å². The molecular weight excluding hydrogens is 484 g/mol. The van der Waals surface area contributed by atoms with E-state index in [4.69, 9.17) is 16.3 Å². The zero-order chi connectivity index (χ0) is 23.6. The molecule has 1 amide bonds. The number of ether oxygens (including phenoxy) is 1. The highest BCUT2D eigenvalue weighted by Crippen LogP contribution is 2.39. The number of rotatable bonds is 7. The van der Waals surface area contributed by atoms with Crippen LogP contribution in [-0.4, -0.2) is 33.9 Å². The van der Waals surface area contributed by atoms with Gasteiger partial charge in [-0.15, -0.1) is 11.3 Å². The molecule has 0 spiro atoms. The number of hydrogen-bond acceptors (Lipinski definition) is 6. The molecule has 0 radical (unpaired) electrons. The first-order chi connectivity index (χ1) is 15.8. The Bertz CT molecular complexity index is 1290. The molecule has 33 heavy (non-hydrogen) atoms. The Morgan fingerprint density at radius 1 is 1.09 bits per heavy atom. The summed E-state index contributed by atoms with van der Waals surface area (Å²) in [5.74, 6) is -1.09. The second-order valence-corrected chi connectivity index (χ2v) is 10.8. The van der Waals surface area contributed by atoms with Crippen LogP contribution in [0.3, 0.4) is 0 Å². The van der Waals surface area contributed by atoms with Crippen LogP contribution in [0.4, 0.5) is 10.7 Å². The minimum absolute atomic E-state index is 0.0538. The number of benzene rings is 2. The van der Waals surface area contributed by atoms with Crippen LogP contribution in [0.1, 0.15) is 27.2 Å². The normalized spacial score (nSPS) is 12.8. The van der Waals surface area contributed by atoms with Gasteiger partial charge in [-0.1, -0.05) is 29.8 Å². The standard InChI is InChI=1S/C23H21ClN2O5S2/c1-31-23(28)21-18-8-5-9-19(18)32-22(21)25-20(27)14-26(16-12-10-15(24)11-13-16)33(29,30)17-6-3-2-4-7-17/h2-4,6-7,10-13H,5,8-9,14H2,1H3,(H,25,27). The molecule has 2 aromatic carbocycles. The fourth-order valence-electron chi connectivity index (χ4n) is 3.75. The Hall–Kier alpha value is -2.88. The van der Waals surface area contributed by atoms with Crippen LogP contribution in [0.2, 0.25) is 5.02 Å². The first-order valence-corrected chi connectivity index (χ1v) is 12.8. The SMILES string of the molecule is COC(=O)c1c(NC(=O)CN(c2ccc(Cl)cc2)S(=O)(=O)c2ccccc2)sc2c1CCC2. The number of hydrogen-bond donors (Lipinski definition) is 1. The van der Waals surface area contributed by atoms with Crippen molar-refractivity contribution < 1.29 is 22.7 Å². The molecule has 4 rings (SSSR count). The van der Waals surface area contributed by atoms with E-state index in [2.05, 4.69) is 5.32 Å². The number of carbonyl (C=O) groups is 2. The van der Waals surface area contributed by atoms with Gasteiger partial charge in [-0.05, 0) is 61.2 Å². The van der Waals surface area contributed by atoms with E-state index in [0.29, 0.717) is 21.3 Å². The van der Waals surface area contributed by atoms with Gasteiger partial charge >= 0.3 is 5.97 Å². The number of halogens is 1. The second kappa shape index (κ2) is 9.54. The van der Waals surface area contributed by atoms with Crippen LogP contribution in [0.25, 0.3) is 0 Å². The van der Waals surface area contributed by atoms with E-state index in [1.165, 1.54) is 42.7 Å². The van der Waals surface area contributed by atoms with Crippen molar-refractivity contribution in [3.63, 3.8) is 0 Å². The highest BCUT2D eigenvalue weighted by atomic mass is 35.5. The van der Waals surface area contributed by atoms with Crippen molar-refractivity contribution in [3.05, 3.63) is 75.6 Å². The van der Waals surface area contributed by atoms with Gasteiger partial charge in [0.2, 0.25) is 5.91 Å². The minimum Gasteiger partial charge on any atom is -0.465 e. The van der Waals surface area contributed by atoms with Gasteiger partial charge in [0.15, 0.2) is 0 Å². The number of sulfonamides is 1. The first-order valence-electron chi connectivity index (χ1n) is 10.2. The van der Waals surface area contributed by atoms with Crippen molar-refractivity contribution in [2.24, 2.45) is 0 Å². The lowest BCUT2D eigenvalue weighted by molar-refractivity contribution is -0.114. The second-order valence-electron chi connectivity index (χ2n) is 7.40. The molecule has 3 aromatic rings. The summed E-state index contributed by atoms with van der Waals surface area (Å²) in [5.41, 5.74) is 1.54. The number of anilines is 2. The third kappa shape index (κ3) is 4.75. The highest BCUT2D eigenvalue weighted by Gasteiger charge is 2.30. The molecule has 1 aromatic heterocycles. The lowest BCUT2D eigenvalue weighted by Crippen LogP contribution is -2.38. The van der Waals surface area contributed by atoms with E-state index in [1.54, 1.807) is 30.3 Å². The van der Waals surface area contributed by atoms with E-state index < -0.39 is 28.4 Å². The summed E-state index contributed by atoms with van der Waals surface area (Å²) >= 11 is 7.30. The highest BCUT2D eigenvalue weighted by molar-refractivity contribution is 7.92. The smallest absolute Gasteiger partial charge is 0.341 e. The third-order valence-corrected chi connectivity index (χ3v) is 8.54. The van der Waals surface area contributed by atoms with Gasteiger partial charge in [0, 0.05) is 9.90 Å². The monoisotopic (exact) mass is 504 g/mol. The van der Waals surface area contributed by atoms with Gasteiger partial charge in [-0.25, -0.2) is 13.2 Å². The molecule has 0 aliphatic heterocycles. The number of methoxy groups -OCH3 is 1. The molecule has 1 aliphatic rings. The zero-order valence-electron chi connectivity index (χ0n) is 17.7. The number of esters is 1. The number of thiophene rings is 1. The molecule has 0 bridgehead atoms. The number of carbonyl (C=O) groups excluding carboxylic acids is 2. The Morgan fingerprint density at radius 3 is 2.45 bits per heavy atom.